The predicted octanol–water partition coefficient (Wildman–Crippen LogP) is 4.78. The molecule has 0 spiro atoms. The second kappa shape index (κ2) is 8.31. The zero-order valence-electron chi connectivity index (χ0n) is 15.6. The molecule has 0 aliphatic heterocycles. The first-order chi connectivity index (χ1) is 12.9. The van der Waals surface area contributed by atoms with Crippen molar-refractivity contribution in [2.24, 2.45) is 0 Å². The van der Waals surface area contributed by atoms with E-state index in [1.165, 1.54) is 18.4 Å². The molecule has 0 bridgehead atoms. The maximum atomic E-state index is 12.7. The molecule has 0 saturated carbocycles. The van der Waals surface area contributed by atoms with Crippen molar-refractivity contribution < 1.29 is 19.1 Å². The quantitative estimate of drug-likeness (QED) is 0.724. The molecule has 7 heteroatoms. The van der Waals surface area contributed by atoms with Gasteiger partial charge in [0.1, 0.15) is 10.8 Å². The van der Waals surface area contributed by atoms with E-state index in [1.54, 1.807) is 25.1 Å². The normalized spacial score (nSPS) is 14.2. The largest absolute Gasteiger partial charge is 0.481 e. The third-order valence-corrected chi connectivity index (χ3v) is 6.05. The fourth-order valence-corrected chi connectivity index (χ4v) is 4.68. The van der Waals surface area contributed by atoms with Gasteiger partial charge in [0.25, 0.3) is 5.91 Å². The summed E-state index contributed by atoms with van der Waals surface area (Å²) >= 11 is 7.41. The Kier molecular flexibility index (Phi) is 6.07. The number of benzene rings is 1. The summed E-state index contributed by atoms with van der Waals surface area (Å²) in [5.74, 6) is -0.124. The molecule has 1 aliphatic rings. The lowest BCUT2D eigenvalue weighted by Gasteiger charge is -2.16. The van der Waals surface area contributed by atoms with Crippen LogP contribution in [0.5, 0.6) is 5.75 Å². The van der Waals surface area contributed by atoms with Gasteiger partial charge >= 0.3 is 5.97 Å². The molecule has 1 heterocycles. The second-order valence-electron chi connectivity index (χ2n) is 6.57. The number of thiophene rings is 1. The Labute approximate surface area is 167 Å². The molecular weight excluding hydrogens is 386 g/mol. The highest BCUT2D eigenvalue weighted by Gasteiger charge is 2.28. The maximum absolute atomic E-state index is 12.7. The number of esters is 1. The standard InChI is InChI=1S/C20H22ClNO4S/c1-11-10-13(21)8-9-15(11)26-12(2)18(23)22-19-17(20(24)25-3)14-6-4-5-7-16(14)27-19/h8-10,12H,4-7H2,1-3H3,(H,22,23). The summed E-state index contributed by atoms with van der Waals surface area (Å²) in [6, 6.07) is 5.24. The molecule has 1 aliphatic carbocycles. The summed E-state index contributed by atoms with van der Waals surface area (Å²) < 4.78 is 10.7. The van der Waals surface area contributed by atoms with Crippen LogP contribution in [0.25, 0.3) is 0 Å². The third kappa shape index (κ3) is 4.28. The van der Waals surface area contributed by atoms with E-state index in [9.17, 15) is 9.59 Å². The van der Waals surface area contributed by atoms with Crippen LogP contribution >= 0.6 is 22.9 Å². The third-order valence-electron chi connectivity index (χ3n) is 4.61. The van der Waals surface area contributed by atoms with E-state index in [0.29, 0.717) is 21.3 Å². The van der Waals surface area contributed by atoms with E-state index in [1.807, 2.05) is 6.92 Å². The molecule has 1 atom stereocenters. The van der Waals surface area contributed by atoms with Crippen LogP contribution in [0.15, 0.2) is 18.2 Å². The molecule has 0 fully saturated rings. The van der Waals surface area contributed by atoms with Crippen LogP contribution in [0.1, 0.15) is 46.1 Å². The van der Waals surface area contributed by atoms with Crippen molar-refractivity contribution in [3.8, 4) is 5.75 Å². The number of hydrogen-bond donors (Lipinski definition) is 1. The number of carbonyl (C=O) groups excluding carboxylic acids is 2. The molecule has 27 heavy (non-hydrogen) atoms. The van der Waals surface area contributed by atoms with Crippen LogP contribution in [0.4, 0.5) is 5.00 Å². The first-order valence-electron chi connectivity index (χ1n) is 8.87. The Bertz CT molecular complexity index is 877. The number of fused-ring (bicyclic) bond motifs is 1. The molecule has 1 amide bonds. The molecule has 1 aromatic heterocycles. The molecule has 0 radical (unpaired) electrons. The van der Waals surface area contributed by atoms with E-state index < -0.39 is 12.1 Å². The zero-order chi connectivity index (χ0) is 19.6. The molecule has 3 rings (SSSR count). The molecule has 0 saturated heterocycles. The van der Waals surface area contributed by atoms with Crippen LogP contribution in [0.2, 0.25) is 5.02 Å². The van der Waals surface area contributed by atoms with Gasteiger partial charge in [0.15, 0.2) is 6.10 Å². The Balaban J connectivity index is 1.79. The summed E-state index contributed by atoms with van der Waals surface area (Å²) in [5, 5.41) is 4.02. The molecular formula is C20H22ClNO4S. The van der Waals surface area contributed by atoms with E-state index >= 15 is 0 Å². The number of anilines is 1. The average Bonchev–Trinajstić information content (AvgIpc) is 3.01. The number of carbonyl (C=O) groups is 2. The molecule has 1 aromatic carbocycles. The summed E-state index contributed by atoms with van der Waals surface area (Å²) in [7, 11) is 1.36. The second-order valence-corrected chi connectivity index (χ2v) is 8.11. The Morgan fingerprint density at radius 3 is 2.70 bits per heavy atom. The Hall–Kier alpha value is -2.05. The van der Waals surface area contributed by atoms with Crippen LogP contribution in [-0.2, 0) is 22.4 Å². The van der Waals surface area contributed by atoms with Crippen LogP contribution in [0, 0.1) is 6.92 Å². The smallest absolute Gasteiger partial charge is 0.341 e. The number of halogens is 1. The predicted molar refractivity (Wildman–Crippen MR) is 107 cm³/mol. The fraction of sp³-hybridized carbons (Fsp3) is 0.400. The van der Waals surface area contributed by atoms with Gasteiger partial charge in [-0.2, -0.15) is 0 Å². The van der Waals surface area contributed by atoms with Crippen molar-refractivity contribution in [3.05, 3.63) is 44.8 Å². The van der Waals surface area contributed by atoms with Crippen LogP contribution in [0.3, 0.4) is 0 Å². The SMILES string of the molecule is COC(=O)c1c(NC(=O)C(C)Oc2ccc(Cl)cc2C)sc2c1CCCC2. The molecule has 5 nitrogen and oxygen atoms in total. The summed E-state index contributed by atoms with van der Waals surface area (Å²) in [6.45, 7) is 3.54. The number of hydrogen-bond acceptors (Lipinski definition) is 5. The van der Waals surface area contributed by atoms with Gasteiger partial charge < -0.3 is 14.8 Å². The number of methoxy groups -OCH3 is 1. The van der Waals surface area contributed by atoms with Crippen molar-refractivity contribution in [1.82, 2.24) is 0 Å². The highest BCUT2D eigenvalue weighted by molar-refractivity contribution is 7.17. The van der Waals surface area contributed by atoms with Crippen molar-refractivity contribution in [2.45, 2.75) is 45.6 Å². The van der Waals surface area contributed by atoms with Gasteiger partial charge in [-0.3, -0.25) is 4.79 Å². The minimum Gasteiger partial charge on any atom is -0.481 e. The highest BCUT2D eigenvalue weighted by Crippen LogP contribution is 2.38. The number of rotatable bonds is 5. The maximum Gasteiger partial charge on any atom is 0.341 e. The minimum atomic E-state index is -0.727. The van der Waals surface area contributed by atoms with Gasteiger partial charge in [0.05, 0.1) is 12.7 Å². The lowest BCUT2D eigenvalue weighted by molar-refractivity contribution is -0.122. The number of amides is 1. The summed E-state index contributed by atoms with van der Waals surface area (Å²) in [5.41, 5.74) is 2.35. The summed E-state index contributed by atoms with van der Waals surface area (Å²) in [6.07, 6.45) is 3.17. The Morgan fingerprint density at radius 1 is 1.26 bits per heavy atom. The van der Waals surface area contributed by atoms with E-state index in [4.69, 9.17) is 21.1 Å². The molecule has 1 unspecified atom stereocenters. The lowest BCUT2D eigenvalue weighted by atomic mass is 9.95. The molecule has 144 valence electrons. The van der Waals surface area contributed by atoms with E-state index in [2.05, 4.69) is 5.32 Å². The van der Waals surface area contributed by atoms with Crippen LogP contribution in [-0.4, -0.2) is 25.1 Å². The van der Waals surface area contributed by atoms with Crippen molar-refractivity contribution in [2.75, 3.05) is 12.4 Å². The van der Waals surface area contributed by atoms with Gasteiger partial charge in [-0.25, -0.2) is 4.79 Å². The molecule has 1 N–H and O–H groups in total. The van der Waals surface area contributed by atoms with Crippen molar-refractivity contribution >= 4 is 39.8 Å². The van der Waals surface area contributed by atoms with Gasteiger partial charge in [-0.1, -0.05) is 11.6 Å². The fourth-order valence-electron chi connectivity index (χ4n) is 3.17. The summed E-state index contributed by atoms with van der Waals surface area (Å²) in [4.78, 5) is 26.1. The monoisotopic (exact) mass is 407 g/mol. The Morgan fingerprint density at radius 2 is 2.00 bits per heavy atom. The topological polar surface area (TPSA) is 64.6 Å². The zero-order valence-corrected chi connectivity index (χ0v) is 17.1. The first kappa shape index (κ1) is 19.7. The van der Waals surface area contributed by atoms with E-state index in [-0.39, 0.29) is 5.91 Å². The van der Waals surface area contributed by atoms with Crippen LogP contribution < -0.4 is 10.1 Å². The lowest BCUT2D eigenvalue weighted by Crippen LogP contribution is -2.30. The number of nitrogens with one attached hydrogen (secondary N) is 1. The van der Waals surface area contributed by atoms with Crippen molar-refractivity contribution in [3.63, 3.8) is 0 Å². The molecule has 2 aromatic rings. The number of aryl methyl sites for hydroxylation is 2. The first-order valence-corrected chi connectivity index (χ1v) is 10.1. The average molecular weight is 408 g/mol. The van der Waals surface area contributed by atoms with Gasteiger partial charge in [-0.15, -0.1) is 11.3 Å². The minimum absolute atomic E-state index is 0.312. The van der Waals surface area contributed by atoms with E-state index in [0.717, 1.165) is 41.7 Å². The number of ether oxygens (including phenoxy) is 2. The van der Waals surface area contributed by atoms with Gasteiger partial charge in [-0.05, 0) is 68.9 Å². The van der Waals surface area contributed by atoms with Gasteiger partial charge in [0.2, 0.25) is 0 Å². The van der Waals surface area contributed by atoms with Gasteiger partial charge in [0, 0.05) is 9.90 Å². The highest BCUT2D eigenvalue weighted by atomic mass is 35.5. The van der Waals surface area contributed by atoms with Crippen molar-refractivity contribution in [1.29, 1.82) is 0 Å².